The zero-order valence-electron chi connectivity index (χ0n) is 14.3. The van der Waals surface area contributed by atoms with Crippen LogP contribution in [0.25, 0.3) is 0 Å². The van der Waals surface area contributed by atoms with Crippen LogP contribution in [0.3, 0.4) is 0 Å². The van der Waals surface area contributed by atoms with Gasteiger partial charge in [0.25, 0.3) is 0 Å². The zero-order chi connectivity index (χ0) is 19.4. The second-order valence-corrected chi connectivity index (χ2v) is 5.80. The molecule has 0 fully saturated rings. The summed E-state index contributed by atoms with van der Waals surface area (Å²) in [4.78, 5) is 8.31. The highest BCUT2D eigenvalue weighted by atomic mass is 19.4. The summed E-state index contributed by atoms with van der Waals surface area (Å²) < 4.78 is 53.1. The first-order valence-corrected chi connectivity index (χ1v) is 8.09. The van der Waals surface area contributed by atoms with Gasteiger partial charge in [0.1, 0.15) is 23.3 Å². The van der Waals surface area contributed by atoms with Gasteiger partial charge >= 0.3 is 6.18 Å². The molecule has 2 N–H and O–H groups in total. The van der Waals surface area contributed by atoms with Crippen LogP contribution in [0.1, 0.15) is 17.0 Å². The molecule has 0 radical (unpaired) electrons. The predicted octanol–water partition coefficient (Wildman–Crippen LogP) is 5.30. The van der Waals surface area contributed by atoms with Crippen molar-refractivity contribution >= 4 is 17.3 Å². The van der Waals surface area contributed by atoms with E-state index in [1.54, 1.807) is 25.1 Å². The van der Waals surface area contributed by atoms with Crippen molar-refractivity contribution in [2.75, 3.05) is 10.6 Å². The molecule has 27 heavy (non-hydrogen) atoms. The maximum absolute atomic E-state index is 13.7. The zero-order valence-corrected chi connectivity index (χ0v) is 14.3. The van der Waals surface area contributed by atoms with Crippen molar-refractivity contribution in [1.29, 1.82) is 0 Å². The van der Waals surface area contributed by atoms with Gasteiger partial charge in [-0.15, -0.1) is 0 Å². The summed E-state index contributed by atoms with van der Waals surface area (Å²) >= 11 is 0. The number of benzene rings is 2. The number of anilines is 3. The Balaban J connectivity index is 1.81. The second kappa shape index (κ2) is 7.61. The van der Waals surface area contributed by atoms with E-state index in [4.69, 9.17) is 0 Å². The van der Waals surface area contributed by atoms with Gasteiger partial charge in [0.15, 0.2) is 0 Å². The largest absolute Gasteiger partial charge is 0.418 e. The molecular weight excluding hydrogens is 360 g/mol. The summed E-state index contributed by atoms with van der Waals surface area (Å²) in [5.74, 6) is 0.585. The monoisotopic (exact) mass is 376 g/mol. The summed E-state index contributed by atoms with van der Waals surface area (Å²) in [6.07, 6.45) is -4.49. The molecule has 8 heteroatoms. The van der Waals surface area contributed by atoms with Gasteiger partial charge in [0, 0.05) is 18.2 Å². The van der Waals surface area contributed by atoms with Gasteiger partial charge < -0.3 is 10.6 Å². The first-order chi connectivity index (χ1) is 12.8. The lowest BCUT2D eigenvalue weighted by molar-refractivity contribution is -0.136. The summed E-state index contributed by atoms with van der Waals surface area (Å²) in [5, 5.41) is 5.64. The third-order valence-electron chi connectivity index (χ3n) is 3.75. The molecule has 3 rings (SSSR count). The number of aryl methyl sites for hydroxylation is 1. The molecule has 140 valence electrons. The lowest BCUT2D eigenvalue weighted by Crippen LogP contribution is -2.10. The van der Waals surface area contributed by atoms with E-state index in [2.05, 4.69) is 20.6 Å². The van der Waals surface area contributed by atoms with Crippen LogP contribution in [0.2, 0.25) is 0 Å². The van der Waals surface area contributed by atoms with Crippen LogP contribution in [-0.4, -0.2) is 9.97 Å². The van der Waals surface area contributed by atoms with Gasteiger partial charge in [-0.25, -0.2) is 14.4 Å². The van der Waals surface area contributed by atoms with Gasteiger partial charge in [-0.2, -0.15) is 13.2 Å². The van der Waals surface area contributed by atoms with Crippen LogP contribution in [0, 0.1) is 12.7 Å². The Morgan fingerprint density at radius 1 is 0.926 bits per heavy atom. The summed E-state index contributed by atoms with van der Waals surface area (Å²) in [7, 11) is 0. The summed E-state index contributed by atoms with van der Waals surface area (Å²) in [6, 6.07) is 12.9. The van der Waals surface area contributed by atoms with E-state index < -0.39 is 11.7 Å². The first-order valence-electron chi connectivity index (χ1n) is 8.09. The molecule has 0 amide bonds. The number of nitrogens with zero attached hydrogens (tertiary/aromatic N) is 2. The number of nitrogens with one attached hydrogen (secondary N) is 2. The number of hydrogen-bond acceptors (Lipinski definition) is 4. The van der Waals surface area contributed by atoms with E-state index in [0.29, 0.717) is 17.2 Å². The van der Waals surface area contributed by atoms with Crippen molar-refractivity contribution in [2.24, 2.45) is 0 Å². The van der Waals surface area contributed by atoms with Gasteiger partial charge in [-0.05, 0) is 25.1 Å². The van der Waals surface area contributed by atoms with E-state index in [9.17, 15) is 17.6 Å². The minimum Gasteiger partial charge on any atom is -0.366 e. The van der Waals surface area contributed by atoms with Gasteiger partial charge in [-0.1, -0.05) is 30.3 Å². The second-order valence-electron chi connectivity index (χ2n) is 5.80. The smallest absolute Gasteiger partial charge is 0.366 e. The molecule has 2 aromatic carbocycles. The highest BCUT2D eigenvalue weighted by Gasteiger charge is 2.33. The highest BCUT2D eigenvalue weighted by molar-refractivity contribution is 5.63. The molecule has 0 aliphatic rings. The molecule has 1 heterocycles. The maximum atomic E-state index is 13.7. The number of para-hydroxylation sites is 1. The maximum Gasteiger partial charge on any atom is 0.418 e. The molecule has 0 spiro atoms. The van der Waals surface area contributed by atoms with Crippen molar-refractivity contribution in [1.82, 2.24) is 9.97 Å². The SMILES string of the molecule is Cc1nc(NCc2ccccc2F)cc(Nc2ccccc2C(F)(F)F)n1. The first kappa shape index (κ1) is 18.6. The van der Waals surface area contributed by atoms with Crippen LogP contribution < -0.4 is 10.6 Å². The van der Waals surface area contributed by atoms with E-state index in [1.807, 2.05) is 0 Å². The molecule has 0 aliphatic heterocycles. The lowest BCUT2D eigenvalue weighted by atomic mass is 10.1. The Hall–Kier alpha value is -3.16. The topological polar surface area (TPSA) is 49.8 Å². The number of rotatable bonds is 5. The van der Waals surface area contributed by atoms with E-state index in [-0.39, 0.29) is 23.9 Å². The fourth-order valence-corrected chi connectivity index (χ4v) is 2.53. The molecule has 1 aromatic heterocycles. The van der Waals surface area contributed by atoms with E-state index >= 15 is 0 Å². The van der Waals surface area contributed by atoms with Gasteiger partial charge in [-0.3, -0.25) is 0 Å². The Morgan fingerprint density at radius 3 is 2.33 bits per heavy atom. The fourth-order valence-electron chi connectivity index (χ4n) is 2.53. The quantitative estimate of drug-likeness (QED) is 0.594. The Labute approximate surface area is 153 Å². The average molecular weight is 376 g/mol. The third kappa shape index (κ3) is 4.72. The third-order valence-corrected chi connectivity index (χ3v) is 3.75. The standard InChI is InChI=1S/C19H16F4N4/c1-12-25-17(24-11-13-6-2-4-8-15(13)20)10-18(26-12)27-16-9-5-3-7-14(16)19(21,22)23/h2-10H,11H2,1H3,(H2,24,25,26,27). The number of aromatic nitrogens is 2. The summed E-state index contributed by atoms with van der Waals surface area (Å²) in [5.41, 5.74) is -0.448. The summed E-state index contributed by atoms with van der Waals surface area (Å²) in [6.45, 7) is 1.80. The number of hydrogen-bond donors (Lipinski definition) is 2. The molecule has 0 aliphatic carbocycles. The molecular formula is C19H16F4N4. The highest BCUT2D eigenvalue weighted by Crippen LogP contribution is 2.35. The Kier molecular flexibility index (Phi) is 5.25. The van der Waals surface area contributed by atoms with Crippen molar-refractivity contribution < 1.29 is 17.6 Å². The number of alkyl halides is 3. The van der Waals surface area contributed by atoms with Gasteiger partial charge in [0.05, 0.1) is 11.3 Å². The Bertz CT molecular complexity index is 941. The fraction of sp³-hybridized carbons (Fsp3) is 0.158. The van der Waals surface area contributed by atoms with Crippen LogP contribution in [0.5, 0.6) is 0 Å². The van der Waals surface area contributed by atoms with Crippen molar-refractivity contribution in [2.45, 2.75) is 19.6 Å². The minimum atomic E-state index is -4.49. The molecule has 0 bridgehead atoms. The van der Waals surface area contributed by atoms with Crippen molar-refractivity contribution in [3.05, 3.63) is 77.4 Å². The Morgan fingerprint density at radius 2 is 1.59 bits per heavy atom. The molecule has 4 nitrogen and oxygen atoms in total. The van der Waals surface area contributed by atoms with Crippen molar-refractivity contribution in [3.63, 3.8) is 0 Å². The minimum absolute atomic E-state index is 0.108. The predicted molar refractivity (Wildman–Crippen MR) is 95.2 cm³/mol. The van der Waals surface area contributed by atoms with Crippen LogP contribution in [0.4, 0.5) is 34.9 Å². The van der Waals surface area contributed by atoms with Crippen molar-refractivity contribution in [3.8, 4) is 0 Å². The van der Waals surface area contributed by atoms with E-state index in [0.717, 1.165) is 6.07 Å². The lowest BCUT2D eigenvalue weighted by Gasteiger charge is -2.15. The molecule has 0 saturated heterocycles. The molecule has 0 saturated carbocycles. The average Bonchev–Trinajstić information content (AvgIpc) is 2.60. The molecule has 3 aromatic rings. The number of halogens is 4. The molecule has 0 atom stereocenters. The van der Waals surface area contributed by atoms with E-state index in [1.165, 1.54) is 30.3 Å². The normalized spacial score (nSPS) is 11.3. The van der Waals surface area contributed by atoms with Gasteiger partial charge in [0.2, 0.25) is 0 Å². The molecule has 0 unspecified atom stereocenters. The van der Waals surface area contributed by atoms with Crippen LogP contribution in [0.15, 0.2) is 54.6 Å². The van der Waals surface area contributed by atoms with Crippen LogP contribution in [-0.2, 0) is 12.7 Å². The van der Waals surface area contributed by atoms with Crippen LogP contribution >= 0.6 is 0 Å².